The molecule has 3 aromatic rings. The van der Waals surface area contributed by atoms with Gasteiger partial charge in [0, 0.05) is 18.0 Å². The second kappa shape index (κ2) is 7.95. The maximum absolute atomic E-state index is 13.8. The fourth-order valence-electron chi connectivity index (χ4n) is 2.53. The van der Waals surface area contributed by atoms with Gasteiger partial charge in [-0.3, -0.25) is 9.78 Å². The lowest BCUT2D eigenvalue weighted by Gasteiger charge is -2.10. The van der Waals surface area contributed by atoms with E-state index in [1.54, 1.807) is 6.07 Å². The summed E-state index contributed by atoms with van der Waals surface area (Å²) in [7, 11) is 0. The Morgan fingerprint density at radius 2 is 1.70 bits per heavy atom. The molecule has 0 aliphatic carbocycles. The van der Waals surface area contributed by atoms with E-state index in [2.05, 4.69) is 29.5 Å². The first-order valence-corrected chi connectivity index (χ1v) is 8.51. The maximum atomic E-state index is 13.8. The number of hydrogen-bond acceptors (Lipinski definition) is 3. The Labute approximate surface area is 156 Å². The SMILES string of the molecule is CC(C)c1ccc(NC(=O)c2cncc(Nc3ccc(F)cc3F)c2)cc1. The molecular weight excluding hydrogens is 348 g/mol. The molecule has 0 saturated heterocycles. The summed E-state index contributed by atoms with van der Waals surface area (Å²) < 4.78 is 26.8. The largest absolute Gasteiger partial charge is 0.352 e. The summed E-state index contributed by atoms with van der Waals surface area (Å²) in [5.74, 6) is -1.31. The number of rotatable bonds is 5. The van der Waals surface area contributed by atoms with Crippen LogP contribution in [0.3, 0.4) is 0 Å². The van der Waals surface area contributed by atoms with Crippen LogP contribution in [0.25, 0.3) is 0 Å². The first-order valence-electron chi connectivity index (χ1n) is 8.51. The van der Waals surface area contributed by atoms with Gasteiger partial charge in [0.25, 0.3) is 5.91 Å². The number of nitrogens with one attached hydrogen (secondary N) is 2. The standard InChI is InChI=1S/C21H19F2N3O/c1-13(2)14-3-6-17(7-4-14)26-21(27)15-9-18(12-24-11-15)25-20-8-5-16(22)10-19(20)23/h3-13,25H,1-2H3,(H,26,27). The fraction of sp³-hybridized carbons (Fsp3) is 0.143. The lowest BCUT2D eigenvalue weighted by molar-refractivity contribution is 0.102. The Hall–Kier alpha value is -3.28. The van der Waals surface area contributed by atoms with Crippen molar-refractivity contribution in [2.45, 2.75) is 19.8 Å². The van der Waals surface area contributed by atoms with Crippen molar-refractivity contribution in [3.8, 4) is 0 Å². The molecule has 27 heavy (non-hydrogen) atoms. The van der Waals surface area contributed by atoms with Crippen LogP contribution in [0.4, 0.5) is 25.8 Å². The highest BCUT2D eigenvalue weighted by Crippen LogP contribution is 2.22. The Morgan fingerprint density at radius 3 is 2.37 bits per heavy atom. The molecule has 1 amide bonds. The summed E-state index contributed by atoms with van der Waals surface area (Å²) in [5, 5.41) is 5.60. The van der Waals surface area contributed by atoms with Gasteiger partial charge in [0.1, 0.15) is 11.6 Å². The minimum atomic E-state index is -0.727. The van der Waals surface area contributed by atoms with Crippen molar-refractivity contribution in [2.75, 3.05) is 10.6 Å². The summed E-state index contributed by atoms with van der Waals surface area (Å²) in [6.07, 6.45) is 2.88. The van der Waals surface area contributed by atoms with Gasteiger partial charge in [0.05, 0.1) is 23.1 Å². The molecule has 0 aliphatic rings. The zero-order valence-corrected chi connectivity index (χ0v) is 15.0. The van der Waals surface area contributed by atoms with Crippen LogP contribution >= 0.6 is 0 Å². The van der Waals surface area contributed by atoms with Gasteiger partial charge in [-0.05, 0) is 41.8 Å². The van der Waals surface area contributed by atoms with E-state index in [1.165, 1.54) is 24.0 Å². The first kappa shape index (κ1) is 18.5. The Kier molecular flexibility index (Phi) is 5.45. The first-order chi connectivity index (χ1) is 12.9. The minimum Gasteiger partial charge on any atom is -0.352 e. The molecule has 0 saturated carbocycles. The van der Waals surface area contributed by atoms with E-state index in [4.69, 9.17) is 0 Å². The van der Waals surface area contributed by atoms with Gasteiger partial charge >= 0.3 is 0 Å². The van der Waals surface area contributed by atoms with E-state index in [-0.39, 0.29) is 11.6 Å². The number of amides is 1. The van der Waals surface area contributed by atoms with E-state index >= 15 is 0 Å². The monoisotopic (exact) mass is 367 g/mol. The van der Waals surface area contributed by atoms with Crippen LogP contribution in [0.2, 0.25) is 0 Å². The van der Waals surface area contributed by atoms with Crippen LogP contribution in [0.5, 0.6) is 0 Å². The predicted molar refractivity (Wildman–Crippen MR) is 102 cm³/mol. The highest BCUT2D eigenvalue weighted by Gasteiger charge is 2.10. The van der Waals surface area contributed by atoms with Gasteiger partial charge in [-0.25, -0.2) is 8.78 Å². The molecule has 2 aromatic carbocycles. The molecule has 6 heteroatoms. The number of carbonyl (C=O) groups excluding carboxylic acids is 1. The van der Waals surface area contributed by atoms with Crippen molar-refractivity contribution in [1.82, 2.24) is 4.98 Å². The fourth-order valence-corrected chi connectivity index (χ4v) is 2.53. The van der Waals surface area contributed by atoms with Crippen molar-refractivity contribution in [2.24, 2.45) is 0 Å². The van der Waals surface area contributed by atoms with E-state index in [9.17, 15) is 13.6 Å². The van der Waals surface area contributed by atoms with E-state index < -0.39 is 11.6 Å². The molecule has 0 radical (unpaired) electrons. The molecule has 0 atom stereocenters. The van der Waals surface area contributed by atoms with Crippen molar-refractivity contribution >= 4 is 23.0 Å². The van der Waals surface area contributed by atoms with Gasteiger partial charge in [-0.1, -0.05) is 26.0 Å². The van der Waals surface area contributed by atoms with Crippen LogP contribution in [0, 0.1) is 11.6 Å². The lowest BCUT2D eigenvalue weighted by Crippen LogP contribution is -2.12. The highest BCUT2D eigenvalue weighted by atomic mass is 19.1. The number of carbonyl (C=O) groups is 1. The molecular formula is C21H19F2N3O. The highest BCUT2D eigenvalue weighted by molar-refractivity contribution is 6.04. The minimum absolute atomic E-state index is 0.0973. The van der Waals surface area contributed by atoms with Crippen LogP contribution < -0.4 is 10.6 Å². The molecule has 0 fully saturated rings. The third-order valence-electron chi connectivity index (χ3n) is 4.05. The van der Waals surface area contributed by atoms with E-state index in [0.717, 1.165) is 12.1 Å². The quantitative estimate of drug-likeness (QED) is 0.628. The molecule has 1 aromatic heterocycles. The Bertz CT molecular complexity index is 956. The number of halogens is 2. The molecule has 0 bridgehead atoms. The summed E-state index contributed by atoms with van der Waals surface area (Å²) >= 11 is 0. The lowest BCUT2D eigenvalue weighted by atomic mass is 10.0. The molecule has 138 valence electrons. The number of nitrogens with zero attached hydrogens (tertiary/aromatic N) is 1. The van der Waals surface area contributed by atoms with Crippen LogP contribution in [-0.2, 0) is 0 Å². The smallest absolute Gasteiger partial charge is 0.257 e. The van der Waals surface area contributed by atoms with Gasteiger partial charge in [-0.2, -0.15) is 0 Å². The van der Waals surface area contributed by atoms with Crippen molar-refractivity contribution in [3.63, 3.8) is 0 Å². The molecule has 4 nitrogen and oxygen atoms in total. The number of aromatic nitrogens is 1. The molecule has 0 spiro atoms. The van der Waals surface area contributed by atoms with E-state index in [0.29, 0.717) is 22.9 Å². The third kappa shape index (κ3) is 4.67. The number of hydrogen-bond donors (Lipinski definition) is 2. The molecule has 3 rings (SSSR count). The maximum Gasteiger partial charge on any atom is 0.257 e. The summed E-state index contributed by atoms with van der Waals surface area (Å²) in [6.45, 7) is 4.20. The zero-order valence-electron chi connectivity index (χ0n) is 15.0. The van der Waals surface area contributed by atoms with Crippen LogP contribution in [-0.4, -0.2) is 10.9 Å². The van der Waals surface area contributed by atoms with Gasteiger partial charge in [-0.15, -0.1) is 0 Å². The zero-order chi connectivity index (χ0) is 19.4. The molecule has 1 heterocycles. The Balaban J connectivity index is 1.73. The average molecular weight is 367 g/mol. The number of pyridine rings is 1. The van der Waals surface area contributed by atoms with Gasteiger partial charge in [0.2, 0.25) is 0 Å². The second-order valence-corrected chi connectivity index (χ2v) is 6.44. The van der Waals surface area contributed by atoms with Crippen LogP contribution in [0.15, 0.2) is 60.9 Å². The summed E-state index contributed by atoms with van der Waals surface area (Å²) in [6, 6.07) is 12.4. The van der Waals surface area contributed by atoms with Crippen molar-refractivity contribution in [3.05, 3.63) is 83.7 Å². The average Bonchev–Trinajstić information content (AvgIpc) is 2.65. The summed E-state index contributed by atoms with van der Waals surface area (Å²) in [4.78, 5) is 16.5. The number of benzene rings is 2. The predicted octanol–water partition coefficient (Wildman–Crippen LogP) is 5.48. The third-order valence-corrected chi connectivity index (χ3v) is 4.05. The summed E-state index contributed by atoms with van der Waals surface area (Å²) in [5.41, 5.74) is 2.69. The molecule has 0 unspecified atom stereocenters. The molecule has 0 aliphatic heterocycles. The van der Waals surface area contributed by atoms with Crippen molar-refractivity contribution in [1.29, 1.82) is 0 Å². The second-order valence-electron chi connectivity index (χ2n) is 6.44. The van der Waals surface area contributed by atoms with Gasteiger partial charge < -0.3 is 10.6 Å². The van der Waals surface area contributed by atoms with E-state index in [1.807, 2.05) is 24.3 Å². The normalized spacial score (nSPS) is 10.7. The molecule has 2 N–H and O–H groups in total. The van der Waals surface area contributed by atoms with Crippen molar-refractivity contribution < 1.29 is 13.6 Å². The Morgan fingerprint density at radius 1 is 0.963 bits per heavy atom. The van der Waals surface area contributed by atoms with Gasteiger partial charge in [0.15, 0.2) is 0 Å². The van der Waals surface area contributed by atoms with Crippen LogP contribution in [0.1, 0.15) is 35.7 Å². The number of anilines is 3. The topological polar surface area (TPSA) is 54.0 Å².